The summed E-state index contributed by atoms with van der Waals surface area (Å²) in [5, 5.41) is 8.30. The minimum absolute atomic E-state index is 0.0413. The van der Waals surface area contributed by atoms with Gasteiger partial charge in [-0.05, 0) is 58.2 Å². The van der Waals surface area contributed by atoms with Crippen LogP contribution in [0.5, 0.6) is 0 Å². The summed E-state index contributed by atoms with van der Waals surface area (Å²) in [4.78, 5) is 33.4. The molecule has 0 saturated heterocycles. The van der Waals surface area contributed by atoms with E-state index in [0.29, 0.717) is 10.8 Å². The normalized spacial score (nSPS) is 10.4. The van der Waals surface area contributed by atoms with Gasteiger partial charge in [0.05, 0.1) is 5.56 Å². The maximum atomic E-state index is 11.3. The van der Waals surface area contributed by atoms with Crippen LogP contribution in [-0.2, 0) is 0 Å². The quantitative estimate of drug-likeness (QED) is 0.882. The van der Waals surface area contributed by atoms with Crippen LogP contribution in [0.3, 0.4) is 0 Å². The molecule has 0 aliphatic carbocycles. The summed E-state index contributed by atoms with van der Waals surface area (Å²) in [5.41, 5.74) is 0.237. The van der Waals surface area contributed by atoms with E-state index in [2.05, 4.69) is 0 Å². The lowest BCUT2D eigenvalue weighted by Gasteiger charge is -2.06. The van der Waals surface area contributed by atoms with Gasteiger partial charge in [-0.2, -0.15) is 0 Å². The first-order valence-electron chi connectivity index (χ1n) is 5.11. The molecule has 0 amide bonds. The van der Waals surface area contributed by atoms with Crippen molar-refractivity contribution in [1.82, 2.24) is 0 Å². The SMILES string of the molecule is O=C(O)c1ccc2c(C(=O)Cl)cc(C(=O)Cl)cc2c1. The predicted molar refractivity (Wildman–Crippen MR) is 71.3 cm³/mol. The highest BCUT2D eigenvalue weighted by atomic mass is 35.5. The highest BCUT2D eigenvalue weighted by Crippen LogP contribution is 2.25. The number of carbonyl (C=O) groups excluding carboxylic acids is 2. The molecule has 6 heteroatoms. The highest BCUT2D eigenvalue weighted by molar-refractivity contribution is 6.69. The maximum Gasteiger partial charge on any atom is 0.335 e. The lowest BCUT2D eigenvalue weighted by atomic mass is 10.00. The third-order valence-electron chi connectivity index (χ3n) is 2.64. The Morgan fingerprint density at radius 2 is 1.53 bits per heavy atom. The molecule has 0 spiro atoms. The predicted octanol–water partition coefficient (Wildman–Crippen LogP) is 3.30. The fourth-order valence-electron chi connectivity index (χ4n) is 1.78. The van der Waals surface area contributed by atoms with E-state index in [1.165, 1.54) is 30.3 Å². The van der Waals surface area contributed by atoms with Crippen molar-refractivity contribution in [2.75, 3.05) is 0 Å². The lowest BCUT2D eigenvalue weighted by molar-refractivity contribution is 0.0696. The van der Waals surface area contributed by atoms with Crippen LogP contribution >= 0.6 is 23.2 Å². The van der Waals surface area contributed by atoms with Gasteiger partial charge in [0.1, 0.15) is 0 Å². The first-order valence-corrected chi connectivity index (χ1v) is 5.86. The van der Waals surface area contributed by atoms with Crippen molar-refractivity contribution in [3.05, 3.63) is 47.0 Å². The molecular weight excluding hydrogens is 291 g/mol. The fraction of sp³-hybridized carbons (Fsp3) is 0. The summed E-state index contributed by atoms with van der Waals surface area (Å²) >= 11 is 10.8. The van der Waals surface area contributed by atoms with Crippen LogP contribution in [0.4, 0.5) is 0 Å². The second-order valence-electron chi connectivity index (χ2n) is 3.81. The molecule has 0 aliphatic rings. The Bertz CT molecular complexity index is 717. The van der Waals surface area contributed by atoms with Gasteiger partial charge in [-0.3, -0.25) is 9.59 Å². The summed E-state index contributed by atoms with van der Waals surface area (Å²) in [6.45, 7) is 0. The number of halogens is 2. The van der Waals surface area contributed by atoms with Gasteiger partial charge in [0.15, 0.2) is 0 Å². The van der Waals surface area contributed by atoms with Gasteiger partial charge in [0, 0.05) is 11.1 Å². The Labute approximate surface area is 117 Å². The van der Waals surface area contributed by atoms with E-state index < -0.39 is 16.5 Å². The van der Waals surface area contributed by atoms with E-state index in [4.69, 9.17) is 28.3 Å². The van der Waals surface area contributed by atoms with Gasteiger partial charge in [-0.25, -0.2) is 4.79 Å². The zero-order valence-corrected chi connectivity index (χ0v) is 10.8. The molecule has 0 bridgehead atoms. The zero-order valence-electron chi connectivity index (χ0n) is 9.31. The van der Waals surface area contributed by atoms with Crippen molar-refractivity contribution >= 4 is 50.4 Å². The Morgan fingerprint density at radius 3 is 2.05 bits per heavy atom. The van der Waals surface area contributed by atoms with E-state index in [0.717, 1.165) is 0 Å². The molecule has 0 fully saturated rings. The Balaban J connectivity index is 2.83. The van der Waals surface area contributed by atoms with Crippen molar-refractivity contribution in [2.24, 2.45) is 0 Å². The van der Waals surface area contributed by atoms with E-state index in [1.807, 2.05) is 0 Å². The number of benzene rings is 2. The summed E-state index contributed by atoms with van der Waals surface area (Å²) in [7, 11) is 0. The van der Waals surface area contributed by atoms with Crippen LogP contribution < -0.4 is 0 Å². The van der Waals surface area contributed by atoms with Gasteiger partial charge in [0.2, 0.25) is 0 Å². The van der Waals surface area contributed by atoms with Gasteiger partial charge in [0.25, 0.3) is 10.5 Å². The van der Waals surface area contributed by atoms with Crippen molar-refractivity contribution < 1.29 is 19.5 Å². The van der Waals surface area contributed by atoms with E-state index in [9.17, 15) is 14.4 Å². The summed E-state index contributed by atoms with van der Waals surface area (Å²) in [5.74, 6) is -1.11. The molecule has 0 unspecified atom stereocenters. The number of hydrogen-bond acceptors (Lipinski definition) is 3. The Kier molecular flexibility index (Phi) is 3.55. The standard InChI is InChI=1S/C13H6Cl2O4/c14-11(16)8-4-7-3-6(13(18)19)1-2-9(7)10(5-8)12(15)17/h1-5H,(H,18,19). The topological polar surface area (TPSA) is 71.4 Å². The van der Waals surface area contributed by atoms with Crippen molar-refractivity contribution in [2.45, 2.75) is 0 Å². The van der Waals surface area contributed by atoms with Gasteiger partial charge < -0.3 is 5.11 Å². The number of aromatic carboxylic acids is 1. The number of hydrogen-bond donors (Lipinski definition) is 1. The number of fused-ring (bicyclic) bond motifs is 1. The molecule has 0 heterocycles. The molecule has 0 atom stereocenters. The van der Waals surface area contributed by atoms with Gasteiger partial charge >= 0.3 is 5.97 Å². The molecule has 1 N–H and O–H groups in total. The largest absolute Gasteiger partial charge is 0.478 e. The third-order valence-corrected chi connectivity index (χ3v) is 3.06. The van der Waals surface area contributed by atoms with Crippen LogP contribution in [0.25, 0.3) is 10.8 Å². The summed E-state index contributed by atoms with van der Waals surface area (Å²) in [6.07, 6.45) is 0. The van der Waals surface area contributed by atoms with Crippen molar-refractivity contribution in [1.29, 1.82) is 0 Å². The average molecular weight is 297 g/mol. The fourth-order valence-corrected chi connectivity index (χ4v) is 2.04. The van der Waals surface area contributed by atoms with Crippen LogP contribution in [-0.4, -0.2) is 21.6 Å². The Morgan fingerprint density at radius 1 is 0.895 bits per heavy atom. The van der Waals surface area contributed by atoms with E-state index in [-0.39, 0.29) is 16.7 Å². The molecule has 0 aliphatic heterocycles. The van der Waals surface area contributed by atoms with E-state index >= 15 is 0 Å². The molecule has 4 nitrogen and oxygen atoms in total. The summed E-state index contributed by atoms with van der Waals surface area (Å²) < 4.78 is 0. The molecular formula is C13H6Cl2O4. The summed E-state index contributed by atoms with van der Waals surface area (Å²) in [6, 6.07) is 6.88. The molecule has 2 aromatic rings. The first kappa shape index (κ1) is 13.5. The zero-order chi connectivity index (χ0) is 14.2. The van der Waals surface area contributed by atoms with Crippen molar-refractivity contribution in [3.63, 3.8) is 0 Å². The Hall–Kier alpha value is -1.91. The minimum atomic E-state index is -1.11. The highest BCUT2D eigenvalue weighted by Gasteiger charge is 2.14. The second kappa shape index (κ2) is 4.99. The third kappa shape index (κ3) is 2.59. The number of carboxylic acid groups (broad SMARTS) is 1. The monoisotopic (exact) mass is 296 g/mol. The number of carbonyl (C=O) groups is 3. The molecule has 0 aromatic heterocycles. The van der Waals surface area contributed by atoms with Crippen LogP contribution in [0.15, 0.2) is 30.3 Å². The number of carboxylic acids is 1. The molecule has 96 valence electrons. The van der Waals surface area contributed by atoms with Crippen LogP contribution in [0, 0.1) is 0 Å². The molecule has 0 radical (unpaired) electrons. The molecule has 2 aromatic carbocycles. The molecule has 19 heavy (non-hydrogen) atoms. The van der Waals surface area contributed by atoms with Crippen LogP contribution in [0.2, 0.25) is 0 Å². The van der Waals surface area contributed by atoms with Gasteiger partial charge in [-0.1, -0.05) is 6.07 Å². The maximum absolute atomic E-state index is 11.3. The first-order chi connectivity index (χ1) is 8.90. The van der Waals surface area contributed by atoms with Crippen LogP contribution in [0.1, 0.15) is 31.1 Å². The second-order valence-corrected chi connectivity index (χ2v) is 4.50. The smallest absolute Gasteiger partial charge is 0.335 e. The minimum Gasteiger partial charge on any atom is -0.478 e. The average Bonchev–Trinajstić information content (AvgIpc) is 2.36. The molecule has 2 rings (SSSR count). The van der Waals surface area contributed by atoms with Crippen molar-refractivity contribution in [3.8, 4) is 0 Å². The lowest BCUT2D eigenvalue weighted by Crippen LogP contribution is -2.00. The van der Waals surface area contributed by atoms with Gasteiger partial charge in [-0.15, -0.1) is 0 Å². The number of rotatable bonds is 3. The molecule has 0 saturated carbocycles. The van der Waals surface area contributed by atoms with E-state index in [1.54, 1.807) is 0 Å².